The van der Waals surface area contributed by atoms with E-state index in [9.17, 15) is 9.90 Å². The third-order valence-corrected chi connectivity index (χ3v) is 3.45. The quantitative estimate of drug-likeness (QED) is 0.791. The van der Waals surface area contributed by atoms with Gasteiger partial charge in [0.1, 0.15) is 0 Å². The summed E-state index contributed by atoms with van der Waals surface area (Å²) >= 11 is 0. The van der Waals surface area contributed by atoms with Crippen LogP contribution in [-0.4, -0.2) is 9.67 Å². The van der Waals surface area contributed by atoms with Crippen molar-refractivity contribution in [2.75, 3.05) is 0 Å². The van der Waals surface area contributed by atoms with E-state index in [0.717, 1.165) is 16.3 Å². The topological polar surface area (TPSA) is 42.2 Å². The van der Waals surface area contributed by atoms with Crippen molar-refractivity contribution >= 4 is 10.8 Å². The van der Waals surface area contributed by atoms with Gasteiger partial charge < -0.3 is 9.67 Å². The average molecular weight is 265 g/mol. The fraction of sp³-hybridized carbons (Fsp3) is 0.118. The van der Waals surface area contributed by atoms with Gasteiger partial charge in [0.2, 0.25) is 0 Å². The van der Waals surface area contributed by atoms with E-state index in [1.54, 1.807) is 18.3 Å². The van der Waals surface area contributed by atoms with Crippen molar-refractivity contribution in [3.8, 4) is 0 Å². The number of hydrogen-bond donors (Lipinski definition) is 1. The van der Waals surface area contributed by atoms with Crippen LogP contribution < -0.4 is 5.56 Å². The van der Waals surface area contributed by atoms with Crippen molar-refractivity contribution < 1.29 is 5.11 Å². The van der Waals surface area contributed by atoms with Crippen molar-refractivity contribution in [1.82, 2.24) is 4.57 Å². The molecule has 3 nitrogen and oxygen atoms in total. The molecule has 1 atom stereocenters. The minimum atomic E-state index is -0.707. The summed E-state index contributed by atoms with van der Waals surface area (Å²) in [6.45, 7) is 0.258. The lowest BCUT2D eigenvalue weighted by atomic mass is 10.0. The number of hydrogen-bond acceptors (Lipinski definition) is 2. The van der Waals surface area contributed by atoms with E-state index in [1.807, 2.05) is 42.5 Å². The fourth-order valence-corrected chi connectivity index (χ4v) is 2.44. The molecule has 0 saturated carbocycles. The first kappa shape index (κ1) is 12.6. The van der Waals surface area contributed by atoms with E-state index < -0.39 is 6.10 Å². The standard InChI is InChI=1S/C17H15NO2/c19-16(12-18-11-4-3-10-17(18)20)15-9-5-7-13-6-1-2-8-14(13)15/h1-11,16,19H,12H2. The molecule has 0 aliphatic carbocycles. The molecule has 1 aromatic heterocycles. The molecule has 3 heteroatoms. The third kappa shape index (κ3) is 2.36. The highest BCUT2D eigenvalue weighted by Gasteiger charge is 2.11. The average Bonchev–Trinajstić information content (AvgIpc) is 2.49. The molecular weight excluding hydrogens is 250 g/mol. The van der Waals surface area contributed by atoms with E-state index in [4.69, 9.17) is 0 Å². The van der Waals surface area contributed by atoms with Gasteiger partial charge in [0.15, 0.2) is 0 Å². The highest BCUT2D eigenvalue weighted by atomic mass is 16.3. The van der Waals surface area contributed by atoms with Crippen LogP contribution in [0, 0.1) is 0 Å². The van der Waals surface area contributed by atoms with Gasteiger partial charge in [-0.3, -0.25) is 4.79 Å². The van der Waals surface area contributed by atoms with Gasteiger partial charge in [-0.25, -0.2) is 0 Å². The molecule has 0 saturated heterocycles. The van der Waals surface area contributed by atoms with Crippen molar-refractivity contribution in [2.24, 2.45) is 0 Å². The molecule has 0 spiro atoms. The van der Waals surface area contributed by atoms with E-state index in [-0.39, 0.29) is 12.1 Å². The number of aromatic nitrogens is 1. The lowest BCUT2D eigenvalue weighted by Gasteiger charge is -2.15. The number of aliphatic hydroxyl groups excluding tert-OH is 1. The Morgan fingerprint density at radius 1 is 0.950 bits per heavy atom. The van der Waals surface area contributed by atoms with Crippen LogP contribution in [0.3, 0.4) is 0 Å². The molecule has 0 amide bonds. The first-order chi connectivity index (χ1) is 9.75. The Morgan fingerprint density at radius 2 is 1.70 bits per heavy atom. The van der Waals surface area contributed by atoms with E-state index >= 15 is 0 Å². The number of benzene rings is 2. The van der Waals surface area contributed by atoms with Crippen LogP contribution in [0.25, 0.3) is 10.8 Å². The maximum absolute atomic E-state index is 11.7. The maximum atomic E-state index is 11.7. The number of pyridine rings is 1. The van der Waals surface area contributed by atoms with Crippen LogP contribution >= 0.6 is 0 Å². The second-order valence-corrected chi connectivity index (χ2v) is 4.78. The first-order valence-electron chi connectivity index (χ1n) is 6.57. The van der Waals surface area contributed by atoms with Crippen LogP contribution in [0.1, 0.15) is 11.7 Å². The zero-order valence-electron chi connectivity index (χ0n) is 10.9. The van der Waals surface area contributed by atoms with Crippen LogP contribution in [0.2, 0.25) is 0 Å². The molecule has 0 aliphatic heterocycles. The van der Waals surface area contributed by atoms with Crippen molar-refractivity contribution in [3.05, 3.63) is 82.8 Å². The number of nitrogens with zero attached hydrogens (tertiary/aromatic N) is 1. The maximum Gasteiger partial charge on any atom is 0.250 e. The first-order valence-corrected chi connectivity index (χ1v) is 6.57. The Hall–Kier alpha value is -2.39. The largest absolute Gasteiger partial charge is 0.387 e. The van der Waals surface area contributed by atoms with Crippen LogP contribution in [-0.2, 0) is 6.54 Å². The Balaban J connectivity index is 1.99. The van der Waals surface area contributed by atoms with Gasteiger partial charge in [-0.15, -0.1) is 0 Å². The lowest BCUT2D eigenvalue weighted by Crippen LogP contribution is -2.21. The molecule has 1 unspecified atom stereocenters. The van der Waals surface area contributed by atoms with E-state index in [2.05, 4.69) is 0 Å². The fourth-order valence-electron chi connectivity index (χ4n) is 2.44. The van der Waals surface area contributed by atoms with Gasteiger partial charge in [0.05, 0.1) is 12.6 Å². The summed E-state index contributed by atoms with van der Waals surface area (Å²) in [5, 5.41) is 12.5. The normalized spacial score (nSPS) is 12.4. The molecule has 3 aromatic rings. The molecule has 1 heterocycles. The summed E-state index contributed by atoms with van der Waals surface area (Å²) in [5.74, 6) is 0. The van der Waals surface area contributed by atoms with Crippen LogP contribution in [0.15, 0.2) is 71.7 Å². The lowest BCUT2D eigenvalue weighted by molar-refractivity contribution is 0.156. The van der Waals surface area contributed by atoms with Gasteiger partial charge in [0.25, 0.3) is 5.56 Å². The van der Waals surface area contributed by atoms with Crippen LogP contribution in [0.5, 0.6) is 0 Å². The molecule has 1 N–H and O–H groups in total. The van der Waals surface area contributed by atoms with Crippen molar-refractivity contribution in [2.45, 2.75) is 12.6 Å². The summed E-state index contributed by atoms with van der Waals surface area (Å²) in [5.41, 5.74) is 0.741. The number of aliphatic hydroxyl groups is 1. The molecule has 100 valence electrons. The van der Waals surface area contributed by atoms with Crippen LogP contribution in [0.4, 0.5) is 0 Å². The van der Waals surface area contributed by atoms with E-state index in [0.29, 0.717) is 0 Å². The Bertz CT molecular complexity index is 787. The monoisotopic (exact) mass is 265 g/mol. The summed E-state index contributed by atoms with van der Waals surface area (Å²) < 4.78 is 1.52. The minimum Gasteiger partial charge on any atom is -0.387 e. The summed E-state index contributed by atoms with van der Waals surface area (Å²) in [4.78, 5) is 11.7. The van der Waals surface area contributed by atoms with Gasteiger partial charge in [-0.2, -0.15) is 0 Å². The molecule has 0 aliphatic rings. The summed E-state index contributed by atoms with van der Waals surface area (Å²) in [6.07, 6.45) is 0.984. The molecular formula is C17H15NO2. The minimum absolute atomic E-state index is 0.105. The smallest absolute Gasteiger partial charge is 0.250 e. The Labute approximate surface area is 116 Å². The molecule has 0 radical (unpaired) electrons. The van der Waals surface area contributed by atoms with Gasteiger partial charge in [-0.05, 0) is 22.4 Å². The third-order valence-electron chi connectivity index (χ3n) is 3.45. The second-order valence-electron chi connectivity index (χ2n) is 4.78. The van der Waals surface area contributed by atoms with Crippen molar-refractivity contribution in [1.29, 1.82) is 0 Å². The predicted octanol–water partition coefficient (Wildman–Crippen LogP) is 2.74. The van der Waals surface area contributed by atoms with Gasteiger partial charge >= 0.3 is 0 Å². The molecule has 2 aromatic carbocycles. The van der Waals surface area contributed by atoms with Gasteiger partial charge in [0, 0.05) is 12.3 Å². The highest BCUT2D eigenvalue weighted by Crippen LogP contribution is 2.24. The molecule has 20 heavy (non-hydrogen) atoms. The second kappa shape index (κ2) is 5.31. The van der Waals surface area contributed by atoms with E-state index in [1.165, 1.54) is 10.6 Å². The molecule has 0 bridgehead atoms. The summed E-state index contributed by atoms with van der Waals surface area (Å²) in [6, 6.07) is 18.8. The Morgan fingerprint density at radius 3 is 2.55 bits per heavy atom. The van der Waals surface area contributed by atoms with Gasteiger partial charge in [-0.1, -0.05) is 48.5 Å². The molecule has 3 rings (SSSR count). The molecule has 0 fully saturated rings. The SMILES string of the molecule is O=c1ccccn1CC(O)c1cccc2ccccc12. The zero-order valence-corrected chi connectivity index (χ0v) is 10.9. The highest BCUT2D eigenvalue weighted by molar-refractivity contribution is 5.85. The predicted molar refractivity (Wildman–Crippen MR) is 79.6 cm³/mol. The zero-order chi connectivity index (χ0) is 13.9. The Kier molecular flexibility index (Phi) is 3.35. The number of fused-ring (bicyclic) bond motifs is 1. The van der Waals surface area contributed by atoms with Crippen molar-refractivity contribution in [3.63, 3.8) is 0 Å². The summed E-state index contributed by atoms with van der Waals surface area (Å²) in [7, 11) is 0. The number of rotatable bonds is 3.